The van der Waals surface area contributed by atoms with E-state index in [2.05, 4.69) is 24.1 Å². The molecule has 1 fully saturated rings. The van der Waals surface area contributed by atoms with Crippen molar-refractivity contribution < 1.29 is 9.18 Å². The summed E-state index contributed by atoms with van der Waals surface area (Å²) in [5.74, 6) is 0.745. The number of likely N-dealkylation sites (tertiary alicyclic amines) is 1. The molecule has 116 valence electrons. The molecular formula is C16H24FN3O. The van der Waals surface area contributed by atoms with Crippen LogP contribution < -0.4 is 11.1 Å². The molecule has 3 N–H and O–H groups in total. The Hall–Kier alpha value is -1.62. The van der Waals surface area contributed by atoms with Crippen LogP contribution in [0.2, 0.25) is 0 Å². The van der Waals surface area contributed by atoms with Gasteiger partial charge in [0.05, 0.1) is 11.7 Å². The van der Waals surface area contributed by atoms with Gasteiger partial charge in [-0.3, -0.25) is 9.69 Å². The molecule has 1 heterocycles. The molecule has 1 aromatic rings. The van der Waals surface area contributed by atoms with Gasteiger partial charge in [-0.15, -0.1) is 0 Å². The SMILES string of the molecule is CC(C)C1CCN(C(C)C(=O)Nc2ccc(F)c(N)c2)C1. The Morgan fingerprint density at radius 2 is 2.14 bits per heavy atom. The lowest BCUT2D eigenvalue weighted by molar-refractivity contribution is -0.120. The van der Waals surface area contributed by atoms with E-state index in [0.717, 1.165) is 19.5 Å². The lowest BCUT2D eigenvalue weighted by Gasteiger charge is -2.24. The fourth-order valence-electron chi connectivity index (χ4n) is 2.75. The van der Waals surface area contributed by atoms with Crippen molar-refractivity contribution in [3.05, 3.63) is 24.0 Å². The van der Waals surface area contributed by atoms with Crippen molar-refractivity contribution in [2.45, 2.75) is 33.2 Å². The molecule has 1 amide bonds. The molecule has 0 saturated carbocycles. The van der Waals surface area contributed by atoms with Gasteiger partial charge in [-0.2, -0.15) is 0 Å². The maximum absolute atomic E-state index is 13.1. The predicted molar refractivity (Wildman–Crippen MR) is 83.4 cm³/mol. The first kappa shape index (κ1) is 15.8. The van der Waals surface area contributed by atoms with Crippen LogP contribution in [-0.4, -0.2) is 29.9 Å². The van der Waals surface area contributed by atoms with Crippen LogP contribution in [0.5, 0.6) is 0 Å². The number of carbonyl (C=O) groups is 1. The van der Waals surface area contributed by atoms with Crippen molar-refractivity contribution in [1.29, 1.82) is 0 Å². The minimum absolute atomic E-state index is 0.0431. The van der Waals surface area contributed by atoms with E-state index in [1.165, 1.54) is 18.2 Å². The quantitative estimate of drug-likeness (QED) is 0.839. The lowest BCUT2D eigenvalue weighted by atomic mass is 9.95. The number of carbonyl (C=O) groups excluding carboxylic acids is 1. The zero-order valence-corrected chi connectivity index (χ0v) is 12.9. The largest absolute Gasteiger partial charge is 0.396 e. The van der Waals surface area contributed by atoms with Gasteiger partial charge in [0.2, 0.25) is 5.91 Å². The summed E-state index contributed by atoms with van der Waals surface area (Å²) in [5, 5.41) is 2.80. The first-order chi connectivity index (χ1) is 9.88. The van der Waals surface area contributed by atoms with Crippen molar-refractivity contribution in [2.24, 2.45) is 11.8 Å². The number of nitrogens with zero attached hydrogens (tertiary/aromatic N) is 1. The van der Waals surface area contributed by atoms with Crippen LogP contribution in [-0.2, 0) is 4.79 Å². The van der Waals surface area contributed by atoms with Gasteiger partial charge in [0.25, 0.3) is 0 Å². The van der Waals surface area contributed by atoms with Gasteiger partial charge < -0.3 is 11.1 Å². The number of nitrogen functional groups attached to an aromatic ring is 1. The van der Waals surface area contributed by atoms with Gasteiger partial charge in [0, 0.05) is 12.2 Å². The monoisotopic (exact) mass is 293 g/mol. The number of halogens is 1. The Bertz CT molecular complexity index is 518. The highest BCUT2D eigenvalue weighted by molar-refractivity contribution is 5.94. The highest BCUT2D eigenvalue weighted by Gasteiger charge is 2.30. The maximum atomic E-state index is 13.1. The van der Waals surface area contributed by atoms with Crippen LogP contribution >= 0.6 is 0 Å². The molecule has 1 aromatic carbocycles. The molecule has 1 saturated heterocycles. The van der Waals surface area contributed by atoms with Crippen molar-refractivity contribution in [1.82, 2.24) is 4.90 Å². The van der Waals surface area contributed by atoms with Crippen molar-refractivity contribution in [2.75, 3.05) is 24.1 Å². The van der Waals surface area contributed by atoms with Crippen LogP contribution in [0.15, 0.2) is 18.2 Å². The fourth-order valence-corrected chi connectivity index (χ4v) is 2.75. The topological polar surface area (TPSA) is 58.4 Å². The molecule has 0 spiro atoms. The first-order valence-electron chi connectivity index (χ1n) is 7.48. The Morgan fingerprint density at radius 3 is 2.71 bits per heavy atom. The van der Waals surface area contributed by atoms with Gasteiger partial charge in [0.1, 0.15) is 5.82 Å². The van der Waals surface area contributed by atoms with Crippen molar-refractivity contribution in [3.8, 4) is 0 Å². The zero-order valence-electron chi connectivity index (χ0n) is 12.9. The predicted octanol–water partition coefficient (Wildman–Crippen LogP) is 2.71. The second-order valence-corrected chi connectivity index (χ2v) is 6.19. The number of hydrogen-bond acceptors (Lipinski definition) is 3. The van der Waals surface area contributed by atoms with Gasteiger partial charge in [-0.1, -0.05) is 13.8 Å². The van der Waals surface area contributed by atoms with E-state index in [1.54, 1.807) is 0 Å². The Labute approximate surface area is 125 Å². The van der Waals surface area contributed by atoms with Crippen LogP contribution in [0.25, 0.3) is 0 Å². The molecular weight excluding hydrogens is 269 g/mol. The molecule has 2 atom stereocenters. The highest BCUT2D eigenvalue weighted by Crippen LogP contribution is 2.25. The molecule has 2 unspecified atom stereocenters. The van der Waals surface area contributed by atoms with E-state index in [0.29, 0.717) is 17.5 Å². The number of rotatable bonds is 4. The standard InChI is InChI=1S/C16H24FN3O/c1-10(2)12-6-7-20(9-12)11(3)16(21)19-13-4-5-14(17)15(18)8-13/h4-5,8,10-12H,6-7,9,18H2,1-3H3,(H,19,21). The molecule has 21 heavy (non-hydrogen) atoms. The number of amides is 1. The van der Waals surface area contributed by atoms with Gasteiger partial charge in [-0.05, 0) is 49.9 Å². The Morgan fingerprint density at radius 1 is 1.43 bits per heavy atom. The maximum Gasteiger partial charge on any atom is 0.241 e. The summed E-state index contributed by atoms with van der Waals surface area (Å²) in [5.41, 5.74) is 6.09. The third-order valence-electron chi connectivity index (χ3n) is 4.39. The molecule has 1 aliphatic heterocycles. The van der Waals surface area contributed by atoms with E-state index in [9.17, 15) is 9.18 Å². The second kappa shape index (κ2) is 6.43. The summed E-state index contributed by atoms with van der Waals surface area (Å²) >= 11 is 0. The number of nitrogens with two attached hydrogens (primary N) is 1. The van der Waals surface area contributed by atoms with Crippen LogP contribution in [0, 0.1) is 17.7 Å². The van der Waals surface area contributed by atoms with Gasteiger partial charge >= 0.3 is 0 Å². The number of hydrogen-bond donors (Lipinski definition) is 2. The average Bonchev–Trinajstić information content (AvgIpc) is 2.92. The number of anilines is 2. The van der Waals surface area contributed by atoms with E-state index in [1.807, 2.05) is 6.92 Å². The third-order valence-corrected chi connectivity index (χ3v) is 4.39. The molecule has 0 aliphatic carbocycles. The fraction of sp³-hybridized carbons (Fsp3) is 0.562. The Kier molecular flexibility index (Phi) is 4.83. The zero-order chi connectivity index (χ0) is 15.6. The highest BCUT2D eigenvalue weighted by atomic mass is 19.1. The number of benzene rings is 1. The smallest absolute Gasteiger partial charge is 0.241 e. The first-order valence-corrected chi connectivity index (χ1v) is 7.48. The average molecular weight is 293 g/mol. The molecule has 0 radical (unpaired) electrons. The Balaban J connectivity index is 1.95. The van der Waals surface area contributed by atoms with E-state index < -0.39 is 5.82 Å². The lowest BCUT2D eigenvalue weighted by Crippen LogP contribution is -2.40. The molecule has 4 nitrogen and oxygen atoms in total. The summed E-state index contributed by atoms with van der Waals surface area (Å²) in [6.07, 6.45) is 1.14. The summed E-state index contributed by atoms with van der Waals surface area (Å²) in [6.45, 7) is 8.26. The van der Waals surface area contributed by atoms with E-state index in [-0.39, 0.29) is 17.6 Å². The minimum atomic E-state index is -0.472. The van der Waals surface area contributed by atoms with E-state index in [4.69, 9.17) is 5.73 Å². The van der Waals surface area contributed by atoms with Crippen LogP contribution in [0.4, 0.5) is 15.8 Å². The summed E-state index contributed by atoms with van der Waals surface area (Å²) in [7, 11) is 0. The van der Waals surface area contributed by atoms with Crippen LogP contribution in [0.3, 0.4) is 0 Å². The molecule has 1 aliphatic rings. The van der Waals surface area contributed by atoms with Crippen LogP contribution in [0.1, 0.15) is 27.2 Å². The van der Waals surface area contributed by atoms with Crippen molar-refractivity contribution in [3.63, 3.8) is 0 Å². The van der Waals surface area contributed by atoms with Gasteiger partial charge in [0.15, 0.2) is 0 Å². The summed E-state index contributed by atoms with van der Waals surface area (Å²) in [6, 6.07) is 4.04. The summed E-state index contributed by atoms with van der Waals surface area (Å²) < 4.78 is 13.1. The second-order valence-electron chi connectivity index (χ2n) is 6.19. The molecule has 5 heteroatoms. The minimum Gasteiger partial charge on any atom is -0.396 e. The van der Waals surface area contributed by atoms with E-state index >= 15 is 0 Å². The summed E-state index contributed by atoms with van der Waals surface area (Å²) in [4.78, 5) is 14.5. The molecule has 0 aromatic heterocycles. The van der Waals surface area contributed by atoms with Gasteiger partial charge in [-0.25, -0.2) is 4.39 Å². The normalized spacial score (nSPS) is 20.7. The number of nitrogens with one attached hydrogen (secondary N) is 1. The third kappa shape index (κ3) is 3.73. The molecule has 2 rings (SSSR count). The molecule has 0 bridgehead atoms. The van der Waals surface area contributed by atoms with Crippen molar-refractivity contribution >= 4 is 17.3 Å².